The lowest BCUT2D eigenvalue weighted by Gasteiger charge is -2.08. The second-order valence-electron chi connectivity index (χ2n) is 3.73. The van der Waals surface area contributed by atoms with Crippen LogP contribution in [0.4, 0.5) is 11.4 Å². The lowest BCUT2D eigenvalue weighted by Crippen LogP contribution is -2.06. The van der Waals surface area contributed by atoms with E-state index in [-0.39, 0.29) is 5.69 Å². The predicted molar refractivity (Wildman–Crippen MR) is 76.3 cm³/mol. The first kappa shape index (κ1) is 12.8. The topological polar surface area (TPSA) is 73.0 Å². The molecule has 0 unspecified atom stereocenters. The number of non-ortho nitro benzene ring substituents is 1. The lowest BCUT2D eigenvalue weighted by molar-refractivity contribution is -0.384. The SMILES string of the molecule is Cn1ccnc1CNc1ccc([N+](=O)[O-])cc1I. The third-order valence-corrected chi connectivity index (χ3v) is 3.41. The second kappa shape index (κ2) is 5.34. The van der Waals surface area contributed by atoms with Crippen LogP contribution in [0.2, 0.25) is 0 Å². The summed E-state index contributed by atoms with van der Waals surface area (Å²) < 4.78 is 2.74. The number of hydrogen-bond donors (Lipinski definition) is 1. The molecule has 1 heterocycles. The van der Waals surface area contributed by atoms with E-state index in [9.17, 15) is 10.1 Å². The van der Waals surface area contributed by atoms with E-state index < -0.39 is 4.92 Å². The van der Waals surface area contributed by atoms with E-state index >= 15 is 0 Å². The van der Waals surface area contributed by atoms with Gasteiger partial charge >= 0.3 is 0 Å². The number of nitro groups is 1. The van der Waals surface area contributed by atoms with Crippen LogP contribution in [0.25, 0.3) is 0 Å². The summed E-state index contributed by atoms with van der Waals surface area (Å²) in [5.74, 6) is 0.907. The fourth-order valence-electron chi connectivity index (χ4n) is 1.50. The van der Waals surface area contributed by atoms with E-state index in [0.717, 1.165) is 15.1 Å². The molecule has 0 aliphatic rings. The molecule has 0 aliphatic heterocycles. The number of rotatable bonds is 4. The number of nitrogens with one attached hydrogen (secondary N) is 1. The Balaban J connectivity index is 2.11. The number of aryl methyl sites for hydroxylation is 1. The standard InChI is InChI=1S/C11H11IN4O2/c1-15-5-4-13-11(15)7-14-10-3-2-8(16(17)18)6-9(10)12/h2-6,14H,7H2,1H3. The molecule has 0 radical (unpaired) electrons. The number of anilines is 1. The van der Waals surface area contributed by atoms with Gasteiger partial charge in [-0.05, 0) is 28.7 Å². The summed E-state index contributed by atoms with van der Waals surface area (Å²) in [6.45, 7) is 0.581. The Morgan fingerprint density at radius 2 is 2.33 bits per heavy atom. The smallest absolute Gasteiger partial charge is 0.270 e. The molecule has 1 N–H and O–H groups in total. The fraction of sp³-hybridized carbons (Fsp3) is 0.182. The van der Waals surface area contributed by atoms with Gasteiger partial charge in [0.1, 0.15) is 5.82 Å². The van der Waals surface area contributed by atoms with E-state index in [4.69, 9.17) is 0 Å². The van der Waals surface area contributed by atoms with E-state index in [2.05, 4.69) is 32.9 Å². The van der Waals surface area contributed by atoms with Crippen molar-refractivity contribution in [1.82, 2.24) is 9.55 Å². The third kappa shape index (κ3) is 2.78. The van der Waals surface area contributed by atoms with Crippen molar-refractivity contribution in [2.75, 3.05) is 5.32 Å². The van der Waals surface area contributed by atoms with Crippen LogP contribution in [0, 0.1) is 13.7 Å². The van der Waals surface area contributed by atoms with Crippen LogP contribution in [0.1, 0.15) is 5.82 Å². The van der Waals surface area contributed by atoms with Crippen molar-refractivity contribution in [3.05, 3.63) is 50.1 Å². The highest BCUT2D eigenvalue weighted by atomic mass is 127. The van der Waals surface area contributed by atoms with Crippen LogP contribution in [-0.4, -0.2) is 14.5 Å². The third-order valence-electron chi connectivity index (χ3n) is 2.52. The van der Waals surface area contributed by atoms with Crippen molar-refractivity contribution < 1.29 is 4.92 Å². The maximum Gasteiger partial charge on any atom is 0.270 e. The number of benzene rings is 1. The normalized spacial score (nSPS) is 10.3. The zero-order valence-corrected chi connectivity index (χ0v) is 11.8. The fourth-order valence-corrected chi connectivity index (χ4v) is 2.19. The maximum absolute atomic E-state index is 10.6. The van der Waals surface area contributed by atoms with Crippen LogP contribution in [-0.2, 0) is 13.6 Å². The molecule has 94 valence electrons. The van der Waals surface area contributed by atoms with E-state index in [1.807, 2.05) is 17.8 Å². The Morgan fingerprint density at radius 3 is 2.89 bits per heavy atom. The highest BCUT2D eigenvalue weighted by molar-refractivity contribution is 14.1. The molecule has 0 atom stereocenters. The van der Waals surface area contributed by atoms with Gasteiger partial charge < -0.3 is 9.88 Å². The average molecular weight is 358 g/mol. The molecule has 1 aromatic carbocycles. The molecule has 0 amide bonds. The summed E-state index contributed by atoms with van der Waals surface area (Å²) in [6, 6.07) is 4.74. The highest BCUT2D eigenvalue weighted by Gasteiger charge is 2.09. The van der Waals surface area contributed by atoms with Gasteiger partial charge in [-0.2, -0.15) is 0 Å². The largest absolute Gasteiger partial charge is 0.377 e. The molecule has 7 heteroatoms. The van der Waals surface area contributed by atoms with Gasteiger partial charge in [-0.25, -0.2) is 4.98 Å². The first-order valence-electron chi connectivity index (χ1n) is 5.22. The zero-order valence-electron chi connectivity index (χ0n) is 9.63. The molecule has 0 saturated heterocycles. The molecule has 1 aromatic heterocycles. The summed E-state index contributed by atoms with van der Waals surface area (Å²) in [4.78, 5) is 14.4. The van der Waals surface area contributed by atoms with E-state index in [1.54, 1.807) is 18.3 Å². The van der Waals surface area contributed by atoms with Gasteiger partial charge in [-0.15, -0.1) is 0 Å². The van der Waals surface area contributed by atoms with Crippen LogP contribution >= 0.6 is 22.6 Å². The molecule has 0 fully saturated rings. The summed E-state index contributed by atoms with van der Waals surface area (Å²) in [6.07, 6.45) is 3.61. The quantitative estimate of drug-likeness (QED) is 0.518. The van der Waals surface area contributed by atoms with E-state index in [0.29, 0.717) is 6.54 Å². The number of hydrogen-bond acceptors (Lipinski definition) is 4. The Hall–Kier alpha value is -1.64. The van der Waals surface area contributed by atoms with Crippen LogP contribution in [0.15, 0.2) is 30.6 Å². The van der Waals surface area contributed by atoms with Gasteiger partial charge in [-0.1, -0.05) is 0 Å². The number of nitrogens with zero attached hydrogens (tertiary/aromatic N) is 3. The average Bonchev–Trinajstić information content (AvgIpc) is 2.73. The Morgan fingerprint density at radius 1 is 1.56 bits per heavy atom. The van der Waals surface area contributed by atoms with Gasteiger partial charge in [0.05, 0.1) is 11.5 Å². The minimum absolute atomic E-state index is 0.0990. The molecule has 6 nitrogen and oxygen atoms in total. The maximum atomic E-state index is 10.6. The van der Waals surface area contributed by atoms with Gasteiger partial charge in [-0.3, -0.25) is 10.1 Å². The molecule has 0 bridgehead atoms. The van der Waals surface area contributed by atoms with Crippen molar-refractivity contribution in [2.24, 2.45) is 7.05 Å². The highest BCUT2D eigenvalue weighted by Crippen LogP contribution is 2.23. The molecule has 18 heavy (non-hydrogen) atoms. The number of imidazole rings is 1. The first-order chi connectivity index (χ1) is 8.58. The van der Waals surface area contributed by atoms with Crippen molar-refractivity contribution in [3.8, 4) is 0 Å². The summed E-state index contributed by atoms with van der Waals surface area (Å²) in [7, 11) is 1.92. The minimum Gasteiger partial charge on any atom is -0.377 e. The van der Waals surface area contributed by atoms with Crippen molar-refractivity contribution >= 4 is 34.0 Å². The summed E-state index contributed by atoms with van der Waals surface area (Å²) in [5, 5.41) is 13.8. The van der Waals surface area contributed by atoms with Gasteiger partial charge in [0.25, 0.3) is 5.69 Å². The van der Waals surface area contributed by atoms with Crippen molar-refractivity contribution in [3.63, 3.8) is 0 Å². The van der Waals surface area contributed by atoms with Crippen LogP contribution < -0.4 is 5.32 Å². The monoisotopic (exact) mass is 358 g/mol. The Bertz CT molecular complexity index is 582. The van der Waals surface area contributed by atoms with Crippen molar-refractivity contribution in [2.45, 2.75) is 6.54 Å². The Kier molecular flexibility index (Phi) is 3.80. The first-order valence-corrected chi connectivity index (χ1v) is 6.30. The van der Waals surface area contributed by atoms with Crippen molar-refractivity contribution in [1.29, 1.82) is 0 Å². The Labute approximate surface area is 117 Å². The zero-order chi connectivity index (χ0) is 13.1. The lowest BCUT2D eigenvalue weighted by atomic mass is 10.3. The van der Waals surface area contributed by atoms with Crippen LogP contribution in [0.3, 0.4) is 0 Å². The molecule has 0 spiro atoms. The van der Waals surface area contributed by atoms with Gasteiger partial charge in [0.2, 0.25) is 0 Å². The molecule has 2 aromatic rings. The molecular weight excluding hydrogens is 347 g/mol. The second-order valence-corrected chi connectivity index (χ2v) is 4.89. The molecule has 0 aliphatic carbocycles. The van der Waals surface area contributed by atoms with Gasteiger partial charge in [0, 0.05) is 40.8 Å². The number of halogens is 1. The molecule has 0 saturated carbocycles. The van der Waals surface area contributed by atoms with Gasteiger partial charge in [0.15, 0.2) is 0 Å². The van der Waals surface area contributed by atoms with Crippen LogP contribution in [0.5, 0.6) is 0 Å². The molecular formula is C11H11IN4O2. The summed E-state index contributed by atoms with van der Waals surface area (Å²) >= 11 is 2.08. The number of nitro benzene ring substituents is 1. The minimum atomic E-state index is -0.398. The molecule has 2 rings (SSSR count). The predicted octanol–water partition coefficient (Wildman–Crippen LogP) is 2.55. The van der Waals surface area contributed by atoms with E-state index in [1.165, 1.54) is 6.07 Å². The summed E-state index contributed by atoms with van der Waals surface area (Å²) in [5.41, 5.74) is 0.964. The number of aromatic nitrogens is 2.